The molecule has 4 rings (SSSR count). The summed E-state index contributed by atoms with van der Waals surface area (Å²) in [6.45, 7) is 2.04. The Hall–Kier alpha value is -3.95. The highest BCUT2D eigenvalue weighted by molar-refractivity contribution is 5.76. The van der Waals surface area contributed by atoms with Gasteiger partial charge in [-0.1, -0.05) is 6.07 Å². The first-order valence-corrected chi connectivity index (χ1v) is 7.96. The number of pyridine rings is 1. The molecule has 2 N–H and O–H groups in total. The van der Waals surface area contributed by atoms with Crippen molar-refractivity contribution in [3.63, 3.8) is 0 Å². The highest BCUT2D eigenvalue weighted by atomic mass is 16.7. The molecular formula is C17H14N6O4. The third-order valence-corrected chi connectivity index (χ3v) is 3.80. The second-order valence-corrected chi connectivity index (χ2v) is 5.72. The van der Waals surface area contributed by atoms with Crippen LogP contribution in [0.25, 0.3) is 0 Å². The number of rotatable bonds is 5. The van der Waals surface area contributed by atoms with Crippen molar-refractivity contribution < 1.29 is 14.4 Å². The first-order valence-electron chi connectivity index (χ1n) is 7.96. The fraction of sp³-hybridized carbons (Fsp3) is 0.118. The number of hydrogen-bond donors (Lipinski definition) is 2. The molecule has 0 bridgehead atoms. The van der Waals surface area contributed by atoms with Crippen LogP contribution in [0.3, 0.4) is 0 Å². The van der Waals surface area contributed by atoms with Gasteiger partial charge in [0.25, 0.3) is 0 Å². The number of ether oxygens (including phenoxy) is 2. The fourth-order valence-electron chi connectivity index (χ4n) is 2.51. The van der Waals surface area contributed by atoms with Gasteiger partial charge in [-0.05, 0) is 30.7 Å². The molecule has 1 aromatic carbocycles. The van der Waals surface area contributed by atoms with E-state index in [9.17, 15) is 10.1 Å². The number of nitrogens with zero attached hydrogens (tertiary/aromatic N) is 4. The van der Waals surface area contributed by atoms with Gasteiger partial charge in [0.05, 0.1) is 4.92 Å². The zero-order valence-electron chi connectivity index (χ0n) is 14.2. The predicted molar refractivity (Wildman–Crippen MR) is 96.8 cm³/mol. The summed E-state index contributed by atoms with van der Waals surface area (Å²) in [4.78, 5) is 23.3. The molecule has 1 aliphatic heterocycles. The number of aryl methyl sites for hydroxylation is 1. The lowest BCUT2D eigenvalue weighted by Crippen LogP contribution is -2.06. The molecular weight excluding hydrogens is 352 g/mol. The van der Waals surface area contributed by atoms with Crippen LogP contribution >= 0.6 is 0 Å². The Bertz CT molecular complexity index is 1010. The lowest BCUT2D eigenvalue weighted by Gasteiger charge is -2.10. The molecule has 3 aromatic rings. The molecule has 0 radical (unpaired) electrons. The Kier molecular flexibility index (Phi) is 4.13. The van der Waals surface area contributed by atoms with Crippen LogP contribution in [0.2, 0.25) is 0 Å². The van der Waals surface area contributed by atoms with Crippen molar-refractivity contribution in [2.75, 3.05) is 17.4 Å². The number of anilines is 4. The van der Waals surface area contributed by atoms with Crippen molar-refractivity contribution >= 4 is 28.8 Å². The molecule has 0 saturated carbocycles. The molecule has 3 heterocycles. The molecule has 0 spiro atoms. The van der Waals surface area contributed by atoms with Gasteiger partial charge >= 0.3 is 5.69 Å². The Morgan fingerprint density at radius 2 is 1.81 bits per heavy atom. The van der Waals surface area contributed by atoms with Gasteiger partial charge in [-0.15, -0.1) is 0 Å². The summed E-state index contributed by atoms with van der Waals surface area (Å²) in [6.07, 6.45) is 2.89. The van der Waals surface area contributed by atoms with Gasteiger partial charge < -0.3 is 20.1 Å². The fourth-order valence-corrected chi connectivity index (χ4v) is 2.51. The van der Waals surface area contributed by atoms with Crippen molar-refractivity contribution in [2.24, 2.45) is 0 Å². The van der Waals surface area contributed by atoms with E-state index in [1.165, 1.54) is 6.33 Å². The topological polar surface area (TPSA) is 124 Å². The summed E-state index contributed by atoms with van der Waals surface area (Å²) in [7, 11) is 0. The molecule has 1 aliphatic rings. The molecule has 10 nitrogen and oxygen atoms in total. The summed E-state index contributed by atoms with van der Waals surface area (Å²) in [5.74, 6) is 1.69. The van der Waals surface area contributed by atoms with Crippen LogP contribution in [0.5, 0.6) is 11.5 Å². The number of fused-ring (bicyclic) bond motifs is 1. The van der Waals surface area contributed by atoms with Crippen LogP contribution in [0.4, 0.5) is 28.8 Å². The Balaban J connectivity index is 1.66. The number of nitrogens with one attached hydrogen (secondary N) is 2. The van der Waals surface area contributed by atoms with Gasteiger partial charge in [-0.3, -0.25) is 10.1 Å². The van der Waals surface area contributed by atoms with Crippen LogP contribution < -0.4 is 20.1 Å². The zero-order chi connectivity index (χ0) is 18.8. The molecule has 0 atom stereocenters. The standard InChI is InChI=1S/C17H14N6O4/c1-10-2-5-14(18-7-10)22-17-15(23(24)25)16(19-8-20-17)21-11-3-4-12-13(6-11)27-9-26-12/h2-8H,9H2,1H3,(H2,18,19,20,21,22). The number of hydrogen-bond acceptors (Lipinski definition) is 9. The van der Waals surface area contributed by atoms with E-state index in [2.05, 4.69) is 25.6 Å². The van der Waals surface area contributed by atoms with Crippen LogP contribution in [-0.4, -0.2) is 26.7 Å². The molecule has 0 aliphatic carbocycles. The predicted octanol–water partition coefficient (Wildman–Crippen LogP) is 3.30. The number of benzene rings is 1. The Labute approximate surface area is 153 Å². The first kappa shape index (κ1) is 16.5. The highest BCUT2D eigenvalue weighted by Gasteiger charge is 2.24. The van der Waals surface area contributed by atoms with Crippen LogP contribution in [-0.2, 0) is 0 Å². The summed E-state index contributed by atoms with van der Waals surface area (Å²) in [6, 6.07) is 8.67. The molecule has 0 unspecified atom stereocenters. The smallest absolute Gasteiger partial charge is 0.353 e. The SMILES string of the molecule is Cc1ccc(Nc2ncnc(Nc3ccc4c(c3)OCO4)c2[N+](=O)[O-])nc1. The van der Waals surface area contributed by atoms with E-state index in [0.29, 0.717) is 23.0 Å². The summed E-state index contributed by atoms with van der Waals surface area (Å²) in [5, 5.41) is 17.4. The van der Waals surface area contributed by atoms with E-state index < -0.39 is 4.92 Å². The second-order valence-electron chi connectivity index (χ2n) is 5.72. The monoisotopic (exact) mass is 366 g/mol. The molecule has 10 heteroatoms. The zero-order valence-corrected chi connectivity index (χ0v) is 14.2. The normalized spacial score (nSPS) is 11.9. The molecule has 2 aromatic heterocycles. The van der Waals surface area contributed by atoms with Crippen molar-refractivity contribution in [3.8, 4) is 11.5 Å². The molecule has 0 saturated heterocycles. The van der Waals surface area contributed by atoms with Crippen molar-refractivity contribution in [2.45, 2.75) is 6.92 Å². The van der Waals surface area contributed by atoms with Gasteiger partial charge in [-0.2, -0.15) is 0 Å². The van der Waals surface area contributed by atoms with Gasteiger partial charge in [0.15, 0.2) is 11.5 Å². The van der Waals surface area contributed by atoms with E-state index >= 15 is 0 Å². The minimum atomic E-state index is -0.550. The lowest BCUT2D eigenvalue weighted by atomic mass is 10.2. The molecule has 136 valence electrons. The molecule has 27 heavy (non-hydrogen) atoms. The van der Waals surface area contributed by atoms with E-state index in [-0.39, 0.29) is 24.1 Å². The second kappa shape index (κ2) is 6.75. The third-order valence-electron chi connectivity index (χ3n) is 3.80. The van der Waals surface area contributed by atoms with E-state index in [1.807, 2.05) is 13.0 Å². The maximum absolute atomic E-state index is 11.6. The Morgan fingerprint density at radius 1 is 1.04 bits per heavy atom. The lowest BCUT2D eigenvalue weighted by molar-refractivity contribution is -0.383. The third kappa shape index (κ3) is 3.40. The van der Waals surface area contributed by atoms with E-state index in [1.54, 1.807) is 30.5 Å². The number of aromatic nitrogens is 3. The maximum atomic E-state index is 11.6. The van der Waals surface area contributed by atoms with E-state index in [4.69, 9.17) is 9.47 Å². The minimum absolute atomic E-state index is 0.0367. The van der Waals surface area contributed by atoms with Crippen molar-refractivity contribution in [1.29, 1.82) is 0 Å². The maximum Gasteiger partial charge on any atom is 0.353 e. The summed E-state index contributed by atoms with van der Waals surface area (Å²) >= 11 is 0. The average Bonchev–Trinajstić information content (AvgIpc) is 3.11. The quantitative estimate of drug-likeness (QED) is 0.517. The average molecular weight is 366 g/mol. The molecule has 0 fully saturated rings. The van der Waals surface area contributed by atoms with Gasteiger partial charge in [0, 0.05) is 18.0 Å². The van der Waals surface area contributed by atoms with Crippen molar-refractivity contribution in [3.05, 3.63) is 58.5 Å². The van der Waals surface area contributed by atoms with Crippen LogP contribution in [0.15, 0.2) is 42.9 Å². The summed E-state index contributed by atoms with van der Waals surface area (Å²) < 4.78 is 10.6. The number of nitro groups is 1. The van der Waals surface area contributed by atoms with Gasteiger partial charge in [-0.25, -0.2) is 15.0 Å². The van der Waals surface area contributed by atoms with Gasteiger partial charge in [0.1, 0.15) is 12.1 Å². The van der Waals surface area contributed by atoms with Crippen LogP contribution in [0.1, 0.15) is 5.56 Å². The molecule has 0 amide bonds. The van der Waals surface area contributed by atoms with Crippen molar-refractivity contribution in [1.82, 2.24) is 15.0 Å². The Morgan fingerprint density at radius 3 is 2.56 bits per heavy atom. The van der Waals surface area contributed by atoms with Gasteiger partial charge in [0.2, 0.25) is 18.4 Å². The summed E-state index contributed by atoms with van der Waals surface area (Å²) in [5.41, 5.74) is 1.25. The van der Waals surface area contributed by atoms with E-state index in [0.717, 1.165) is 5.56 Å². The first-order chi connectivity index (χ1) is 13.1. The van der Waals surface area contributed by atoms with Crippen LogP contribution in [0, 0.1) is 17.0 Å². The highest BCUT2D eigenvalue weighted by Crippen LogP contribution is 2.37. The minimum Gasteiger partial charge on any atom is -0.454 e. The largest absolute Gasteiger partial charge is 0.454 e.